The van der Waals surface area contributed by atoms with Crippen LogP contribution in [-0.4, -0.2) is 30.8 Å². The lowest BCUT2D eigenvalue weighted by atomic mass is 10.1. The molecule has 0 aliphatic carbocycles. The number of nitrogens with zero attached hydrogens (tertiary/aromatic N) is 2. The lowest BCUT2D eigenvalue weighted by Gasteiger charge is -2.27. The van der Waals surface area contributed by atoms with Crippen molar-refractivity contribution in [1.82, 2.24) is 4.98 Å². The second-order valence-electron chi connectivity index (χ2n) is 5.03. The van der Waals surface area contributed by atoms with Crippen molar-refractivity contribution < 1.29 is 4.74 Å². The van der Waals surface area contributed by atoms with Crippen LogP contribution < -0.4 is 10.6 Å². The number of hydrogen-bond donors (Lipinski definition) is 1. The van der Waals surface area contributed by atoms with Crippen molar-refractivity contribution in [3.63, 3.8) is 0 Å². The predicted molar refractivity (Wildman–Crippen MR) is 73.8 cm³/mol. The van der Waals surface area contributed by atoms with Gasteiger partial charge in [0, 0.05) is 48.9 Å². The molecule has 0 aromatic carbocycles. The van der Waals surface area contributed by atoms with Crippen LogP contribution in [0.5, 0.6) is 0 Å². The lowest BCUT2D eigenvalue weighted by Crippen LogP contribution is -2.31. The maximum absolute atomic E-state index is 5.88. The van der Waals surface area contributed by atoms with E-state index in [4.69, 9.17) is 10.5 Å². The van der Waals surface area contributed by atoms with Crippen LogP contribution in [0, 0.1) is 13.8 Å². The Balaban J connectivity index is 2.35. The van der Waals surface area contributed by atoms with Crippen LogP contribution in [0.2, 0.25) is 0 Å². The fourth-order valence-electron chi connectivity index (χ4n) is 2.58. The fraction of sp³-hybridized carbons (Fsp3) is 0.643. The van der Waals surface area contributed by atoms with Gasteiger partial charge in [-0.15, -0.1) is 0 Å². The SMILES string of the molecule is Cc1cc(N2CCCOC(C)C2)c(CN)c(C)n1. The van der Waals surface area contributed by atoms with Gasteiger partial charge in [-0.1, -0.05) is 0 Å². The zero-order valence-corrected chi connectivity index (χ0v) is 11.6. The Bertz CT molecular complexity index is 420. The molecule has 2 rings (SSSR count). The molecule has 1 fully saturated rings. The van der Waals surface area contributed by atoms with Gasteiger partial charge < -0.3 is 15.4 Å². The Hall–Kier alpha value is -1.13. The average molecular weight is 249 g/mol. The van der Waals surface area contributed by atoms with Gasteiger partial charge in [0.1, 0.15) is 0 Å². The molecule has 1 aliphatic rings. The van der Waals surface area contributed by atoms with E-state index in [1.54, 1.807) is 0 Å². The number of hydrogen-bond acceptors (Lipinski definition) is 4. The molecule has 4 nitrogen and oxygen atoms in total. The molecule has 100 valence electrons. The Kier molecular flexibility index (Phi) is 4.19. The van der Waals surface area contributed by atoms with Crippen LogP contribution >= 0.6 is 0 Å². The highest BCUT2D eigenvalue weighted by Crippen LogP contribution is 2.25. The molecule has 1 atom stereocenters. The molecule has 0 bridgehead atoms. The van der Waals surface area contributed by atoms with Gasteiger partial charge in [-0.25, -0.2) is 0 Å². The molecule has 0 saturated carbocycles. The molecule has 1 unspecified atom stereocenters. The molecule has 2 N–H and O–H groups in total. The van der Waals surface area contributed by atoms with Crippen LogP contribution in [0.15, 0.2) is 6.07 Å². The van der Waals surface area contributed by atoms with Gasteiger partial charge in [-0.2, -0.15) is 0 Å². The first kappa shape index (κ1) is 13.3. The van der Waals surface area contributed by atoms with E-state index in [2.05, 4.69) is 22.9 Å². The van der Waals surface area contributed by atoms with Crippen molar-refractivity contribution >= 4 is 5.69 Å². The minimum atomic E-state index is 0.270. The number of ether oxygens (including phenoxy) is 1. The maximum atomic E-state index is 5.88. The van der Waals surface area contributed by atoms with E-state index in [1.807, 2.05) is 13.8 Å². The van der Waals surface area contributed by atoms with E-state index in [-0.39, 0.29) is 6.10 Å². The van der Waals surface area contributed by atoms with Crippen LogP contribution in [0.1, 0.15) is 30.3 Å². The van der Waals surface area contributed by atoms with Gasteiger partial charge in [-0.3, -0.25) is 4.98 Å². The van der Waals surface area contributed by atoms with Gasteiger partial charge in [0.15, 0.2) is 0 Å². The van der Waals surface area contributed by atoms with Crippen molar-refractivity contribution in [2.75, 3.05) is 24.6 Å². The number of aromatic nitrogens is 1. The lowest BCUT2D eigenvalue weighted by molar-refractivity contribution is 0.0821. The summed E-state index contributed by atoms with van der Waals surface area (Å²) in [5.41, 5.74) is 10.4. The zero-order chi connectivity index (χ0) is 13.1. The van der Waals surface area contributed by atoms with Gasteiger partial charge in [0.25, 0.3) is 0 Å². The van der Waals surface area contributed by atoms with Crippen LogP contribution in [0.25, 0.3) is 0 Å². The number of nitrogens with two attached hydrogens (primary N) is 1. The predicted octanol–water partition coefficient (Wildman–Crippen LogP) is 1.77. The number of anilines is 1. The molecule has 2 heterocycles. The summed E-state index contributed by atoms with van der Waals surface area (Å²) in [7, 11) is 0. The van der Waals surface area contributed by atoms with Crippen molar-refractivity contribution in [3.05, 3.63) is 23.0 Å². The number of pyridine rings is 1. The topological polar surface area (TPSA) is 51.4 Å². The molecule has 1 aromatic rings. The Morgan fingerprint density at radius 1 is 1.50 bits per heavy atom. The fourth-order valence-corrected chi connectivity index (χ4v) is 2.58. The van der Waals surface area contributed by atoms with E-state index >= 15 is 0 Å². The monoisotopic (exact) mass is 249 g/mol. The summed E-state index contributed by atoms with van der Waals surface area (Å²) in [6.45, 7) is 9.54. The van der Waals surface area contributed by atoms with Crippen molar-refractivity contribution in [2.24, 2.45) is 5.73 Å². The maximum Gasteiger partial charge on any atom is 0.0721 e. The third-order valence-corrected chi connectivity index (χ3v) is 3.43. The highest BCUT2D eigenvalue weighted by molar-refractivity contribution is 5.56. The highest BCUT2D eigenvalue weighted by Gasteiger charge is 2.19. The van der Waals surface area contributed by atoms with Crippen LogP contribution in [0.4, 0.5) is 5.69 Å². The van der Waals surface area contributed by atoms with Gasteiger partial charge in [0.05, 0.1) is 6.10 Å². The van der Waals surface area contributed by atoms with Gasteiger partial charge in [0.2, 0.25) is 0 Å². The van der Waals surface area contributed by atoms with Gasteiger partial charge >= 0.3 is 0 Å². The van der Waals surface area contributed by atoms with Crippen molar-refractivity contribution in [1.29, 1.82) is 0 Å². The second kappa shape index (κ2) is 5.67. The first-order valence-electron chi connectivity index (χ1n) is 6.65. The third kappa shape index (κ3) is 2.82. The zero-order valence-electron chi connectivity index (χ0n) is 11.6. The quantitative estimate of drug-likeness (QED) is 0.868. The minimum Gasteiger partial charge on any atom is -0.377 e. The van der Waals surface area contributed by atoms with E-state index in [9.17, 15) is 0 Å². The summed E-state index contributed by atoms with van der Waals surface area (Å²) >= 11 is 0. The van der Waals surface area contributed by atoms with Crippen LogP contribution in [-0.2, 0) is 11.3 Å². The van der Waals surface area contributed by atoms with Crippen LogP contribution in [0.3, 0.4) is 0 Å². The van der Waals surface area contributed by atoms with E-state index in [0.29, 0.717) is 6.54 Å². The molecule has 18 heavy (non-hydrogen) atoms. The number of rotatable bonds is 2. The van der Waals surface area contributed by atoms with Crippen molar-refractivity contribution in [3.8, 4) is 0 Å². The molecule has 0 spiro atoms. The second-order valence-corrected chi connectivity index (χ2v) is 5.03. The minimum absolute atomic E-state index is 0.270. The molecule has 0 radical (unpaired) electrons. The van der Waals surface area contributed by atoms with E-state index < -0.39 is 0 Å². The summed E-state index contributed by atoms with van der Waals surface area (Å²) < 4.78 is 5.70. The largest absolute Gasteiger partial charge is 0.377 e. The van der Waals surface area contributed by atoms with Crippen molar-refractivity contribution in [2.45, 2.75) is 39.8 Å². The molecule has 0 amide bonds. The molecule has 1 aromatic heterocycles. The smallest absolute Gasteiger partial charge is 0.0721 e. The van der Waals surface area contributed by atoms with E-state index in [1.165, 1.54) is 5.69 Å². The summed E-state index contributed by atoms with van der Waals surface area (Å²) in [6, 6.07) is 2.15. The third-order valence-electron chi connectivity index (χ3n) is 3.43. The molecule has 1 aliphatic heterocycles. The highest BCUT2D eigenvalue weighted by atomic mass is 16.5. The van der Waals surface area contributed by atoms with E-state index in [0.717, 1.165) is 43.1 Å². The Morgan fingerprint density at radius 3 is 3.00 bits per heavy atom. The Labute approximate surface area is 109 Å². The molecule has 4 heteroatoms. The number of aryl methyl sites for hydroxylation is 2. The first-order chi connectivity index (χ1) is 8.61. The van der Waals surface area contributed by atoms with Gasteiger partial charge in [-0.05, 0) is 33.3 Å². The molecule has 1 saturated heterocycles. The molecular formula is C14H23N3O. The summed E-state index contributed by atoms with van der Waals surface area (Å²) in [5.74, 6) is 0. The first-order valence-corrected chi connectivity index (χ1v) is 6.65. The average Bonchev–Trinajstić information content (AvgIpc) is 2.53. The summed E-state index contributed by atoms with van der Waals surface area (Å²) in [5, 5.41) is 0. The molecular weight excluding hydrogens is 226 g/mol. The summed E-state index contributed by atoms with van der Waals surface area (Å²) in [6.07, 6.45) is 1.33. The Morgan fingerprint density at radius 2 is 2.28 bits per heavy atom. The normalized spacial score (nSPS) is 20.9. The standard InChI is InChI=1S/C14H23N3O/c1-10-7-14(13(8-15)12(3)16-10)17-5-4-6-18-11(2)9-17/h7,11H,4-6,8-9,15H2,1-3H3. The summed E-state index contributed by atoms with van der Waals surface area (Å²) in [4.78, 5) is 6.89.